The Hall–Kier alpha value is -1.91. The molecule has 0 saturated carbocycles. The summed E-state index contributed by atoms with van der Waals surface area (Å²) in [6.45, 7) is 9.41. The molecule has 0 fully saturated rings. The fraction of sp³-hybridized carbons (Fsp3) is 0.389. The number of benzene rings is 1. The minimum Gasteiger partial charge on any atom is -0.459 e. The number of quaternary nitrogens is 1. The number of esters is 1. The van der Waals surface area contributed by atoms with Crippen LogP contribution in [0.25, 0.3) is 0 Å². The van der Waals surface area contributed by atoms with Gasteiger partial charge in [0.25, 0.3) is 0 Å². The second-order valence-electron chi connectivity index (χ2n) is 6.09. The summed E-state index contributed by atoms with van der Waals surface area (Å²) in [5.41, 5.74) is 1.46. The Labute approximate surface area is 132 Å². The van der Waals surface area contributed by atoms with Crippen LogP contribution in [0, 0.1) is 0 Å². The van der Waals surface area contributed by atoms with Gasteiger partial charge in [0.2, 0.25) is 0 Å². The van der Waals surface area contributed by atoms with E-state index in [1.165, 1.54) is 0 Å². The molecule has 4 nitrogen and oxygen atoms in total. The van der Waals surface area contributed by atoms with Gasteiger partial charge in [-0.05, 0) is 13.0 Å². The molecule has 0 radical (unpaired) electrons. The highest BCUT2D eigenvalue weighted by atomic mass is 16.5. The van der Waals surface area contributed by atoms with Gasteiger partial charge in [0.15, 0.2) is 0 Å². The minimum absolute atomic E-state index is 0.0357. The summed E-state index contributed by atoms with van der Waals surface area (Å²) in [7, 11) is 4.03. The lowest BCUT2D eigenvalue weighted by atomic mass is 10.0. The summed E-state index contributed by atoms with van der Waals surface area (Å²) in [6.07, 6.45) is 1.13. The maximum Gasteiger partial charge on any atom is 0.333 e. The van der Waals surface area contributed by atoms with E-state index in [1.54, 1.807) is 6.92 Å². The summed E-state index contributed by atoms with van der Waals surface area (Å²) in [6, 6.07) is 10.1. The van der Waals surface area contributed by atoms with Gasteiger partial charge < -0.3 is 14.3 Å². The molecular weight excluding hydrogens is 278 g/mol. The van der Waals surface area contributed by atoms with E-state index in [4.69, 9.17) is 4.74 Å². The lowest BCUT2D eigenvalue weighted by Gasteiger charge is -2.38. The molecule has 0 amide bonds. The van der Waals surface area contributed by atoms with Crippen molar-refractivity contribution in [2.75, 3.05) is 27.2 Å². The Bertz CT molecular complexity index is 522. The highest BCUT2D eigenvalue weighted by Gasteiger charge is 2.30. The second kappa shape index (κ2) is 7.92. The Morgan fingerprint density at radius 1 is 1.36 bits per heavy atom. The quantitative estimate of drug-likeness (QED) is 0.347. The van der Waals surface area contributed by atoms with Gasteiger partial charge in [-0.25, -0.2) is 4.79 Å². The van der Waals surface area contributed by atoms with E-state index in [1.807, 2.05) is 50.5 Å². The predicted octanol–water partition coefficient (Wildman–Crippen LogP) is 2.47. The number of carbonyl (C=O) groups is 1. The number of hydrogen-bond acceptors (Lipinski definition) is 3. The first-order valence-electron chi connectivity index (χ1n) is 7.28. The van der Waals surface area contributed by atoms with Crippen LogP contribution in [0.1, 0.15) is 18.5 Å². The van der Waals surface area contributed by atoms with Crippen molar-refractivity contribution in [1.29, 1.82) is 0 Å². The lowest BCUT2D eigenvalue weighted by molar-refractivity contribution is -0.917. The maximum atomic E-state index is 11.4. The average molecular weight is 304 g/mol. The summed E-state index contributed by atoms with van der Waals surface area (Å²) < 4.78 is 5.52. The van der Waals surface area contributed by atoms with Gasteiger partial charge in [-0.15, -0.1) is 0 Å². The molecule has 0 aromatic heterocycles. The second-order valence-corrected chi connectivity index (χ2v) is 6.09. The number of carbonyl (C=O) groups excluding carboxylic acids is 1. The zero-order valence-corrected chi connectivity index (χ0v) is 13.7. The number of rotatable bonds is 8. The van der Waals surface area contributed by atoms with Gasteiger partial charge in [0.1, 0.15) is 25.3 Å². The minimum atomic E-state index is -0.746. The van der Waals surface area contributed by atoms with E-state index in [0.29, 0.717) is 16.6 Å². The molecule has 1 N–H and O–H groups in total. The number of hydrogen-bond donors (Lipinski definition) is 1. The number of ether oxygens (including phenoxy) is 1. The molecule has 0 heterocycles. The van der Waals surface area contributed by atoms with Crippen molar-refractivity contribution in [3.8, 4) is 0 Å². The van der Waals surface area contributed by atoms with E-state index in [0.717, 1.165) is 5.56 Å². The lowest BCUT2D eigenvalue weighted by Crippen LogP contribution is -2.48. The molecule has 0 aliphatic heterocycles. The summed E-state index contributed by atoms with van der Waals surface area (Å²) in [5, 5.41) is 10.1. The molecule has 2 unspecified atom stereocenters. The van der Waals surface area contributed by atoms with Crippen LogP contribution in [-0.2, 0) is 9.53 Å². The number of aliphatic hydroxyl groups excluding tert-OH is 1. The fourth-order valence-corrected chi connectivity index (χ4v) is 2.48. The van der Waals surface area contributed by atoms with E-state index in [9.17, 15) is 9.90 Å². The van der Waals surface area contributed by atoms with E-state index < -0.39 is 12.1 Å². The number of aliphatic hydroxyl groups is 1. The van der Waals surface area contributed by atoms with E-state index in [2.05, 4.69) is 13.2 Å². The molecule has 22 heavy (non-hydrogen) atoms. The zero-order valence-electron chi connectivity index (χ0n) is 13.7. The molecule has 0 saturated heterocycles. The van der Waals surface area contributed by atoms with Crippen LogP contribution in [0.3, 0.4) is 0 Å². The maximum absolute atomic E-state index is 11.4. The average Bonchev–Trinajstić information content (AvgIpc) is 2.45. The molecule has 0 aliphatic carbocycles. The van der Waals surface area contributed by atoms with Crippen LogP contribution in [0.5, 0.6) is 0 Å². The SMILES string of the molecule is C=CC(c1ccccc1)[N+](C)(C)CC(O)COC(=O)C(=C)C. The largest absolute Gasteiger partial charge is 0.459 e. The fourth-order valence-electron chi connectivity index (χ4n) is 2.48. The molecule has 1 aromatic rings. The van der Waals surface area contributed by atoms with E-state index >= 15 is 0 Å². The molecule has 1 aromatic carbocycles. The van der Waals surface area contributed by atoms with Gasteiger partial charge in [0, 0.05) is 11.1 Å². The van der Waals surface area contributed by atoms with Crippen molar-refractivity contribution in [1.82, 2.24) is 0 Å². The topological polar surface area (TPSA) is 46.5 Å². The van der Waals surface area contributed by atoms with Crippen molar-refractivity contribution in [2.24, 2.45) is 0 Å². The summed E-state index contributed by atoms with van der Waals surface area (Å²) >= 11 is 0. The molecule has 0 spiro atoms. The number of nitrogens with zero attached hydrogens (tertiary/aromatic N) is 1. The van der Waals surface area contributed by atoms with Crippen molar-refractivity contribution in [3.63, 3.8) is 0 Å². The van der Waals surface area contributed by atoms with Crippen LogP contribution >= 0.6 is 0 Å². The molecular formula is C18H26NO3+. The number of likely N-dealkylation sites (N-methyl/N-ethyl adjacent to an activating group) is 1. The third kappa shape index (κ3) is 5.13. The van der Waals surface area contributed by atoms with Gasteiger partial charge in [0.05, 0.1) is 14.1 Å². The van der Waals surface area contributed by atoms with Gasteiger partial charge in [-0.1, -0.05) is 43.5 Å². The third-order valence-corrected chi connectivity index (χ3v) is 3.55. The monoisotopic (exact) mass is 304 g/mol. The summed E-state index contributed by atoms with van der Waals surface area (Å²) in [5.74, 6) is -0.479. The van der Waals surface area contributed by atoms with Crippen LogP contribution < -0.4 is 0 Å². The van der Waals surface area contributed by atoms with Crippen molar-refractivity contribution < 1.29 is 19.1 Å². The summed E-state index contributed by atoms with van der Waals surface area (Å²) in [4.78, 5) is 11.4. The predicted molar refractivity (Wildman–Crippen MR) is 88.1 cm³/mol. The molecule has 120 valence electrons. The molecule has 1 rings (SSSR count). The molecule has 2 atom stereocenters. The van der Waals surface area contributed by atoms with Crippen molar-refractivity contribution >= 4 is 5.97 Å². The van der Waals surface area contributed by atoms with Crippen molar-refractivity contribution in [3.05, 3.63) is 60.7 Å². The Morgan fingerprint density at radius 3 is 2.45 bits per heavy atom. The standard InChI is InChI=1S/C18H26NO3/c1-6-17(15-10-8-7-9-11-15)19(4,5)12-16(20)13-22-18(21)14(2)3/h6-11,16-17,20H,1-2,12-13H2,3-5H3/q+1. The molecule has 0 aliphatic rings. The Morgan fingerprint density at radius 2 is 1.95 bits per heavy atom. The van der Waals surface area contributed by atoms with Crippen LogP contribution in [0.2, 0.25) is 0 Å². The van der Waals surface area contributed by atoms with Crippen LogP contribution in [0.15, 0.2) is 55.1 Å². The smallest absolute Gasteiger partial charge is 0.333 e. The Kier molecular flexibility index (Phi) is 6.53. The van der Waals surface area contributed by atoms with E-state index in [-0.39, 0.29) is 12.6 Å². The highest BCUT2D eigenvalue weighted by molar-refractivity contribution is 5.86. The first kappa shape index (κ1) is 18.1. The molecule has 4 heteroatoms. The third-order valence-electron chi connectivity index (χ3n) is 3.55. The van der Waals surface area contributed by atoms with Gasteiger partial charge >= 0.3 is 5.97 Å². The first-order valence-corrected chi connectivity index (χ1v) is 7.28. The Balaban J connectivity index is 2.70. The van der Waals surface area contributed by atoms with Crippen LogP contribution in [0.4, 0.5) is 0 Å². The zero-order chi connectivity index (χ0) is 16.8. The first-order chi connectivity index (χ1) is 10.3. The normalized spacial score (nSPS) is 14.0. The highest BCUT2D eigenvalue weighted by Crippen LogP contribution is 2.26. The van der Waals surface area contributed by atoms with Crippen LogP contribution in [-0.4, -0.2) is 48.9 Å². The van der Waals surface area contributed by atoms with Crippen molar-refractivity contribution in [2.45, 2.75) is 19.1 Å². The van der Waals surface area contributed by atoms with Gasteiger partial charge in [-0.3, -0.25) is 0 Å². The van der Waals surface area contributed by atoms with Gasteiger partial charge in [-0.2, -0.15) is 0 Å². The molecule has 0 bridgehead atoms.